The van der Waals surface area contributed by atoms with Crippen LogP contribution in [-0.4, -0.2) is 34.8 Å². The van der Waals surface area contributed by atoms with Gasteiger partial charge in [-0.1, -0.05) is 0 Å². The molecule has 0 saturated heterocycles. The number of nitro groups is 2. The van der Waals surface area contributed by atoms with E-state index in [1.165, 1.54) is 72.8 Å². The smallest absolute Gasteiger partial charge is 0.269 e. The number of nitro benzene ring substituents is 2. The monoisotopic (exact) mass is 410 g/mol. The molecule has 0 bridgehead atoms. The molecule has 10 nitrogen and oxygen atoms in total. The minimum absolute atomic E-state index is 0.0324. The van der Waals surface area contributed by atoms with E-state index >= 15 is 0 Å². The Morgan fingerprint density at radius 2 is 1.03 bits per heavy atom. The number of rotatable bonds is 9. The van der Waals surface area contributed by atoms with E-state index < -0.39 is 9.85 Å². The number of hydrogen-bond acceptors (Lipinski definition) is 6. The lowest BCUT2D eigenvalue weighted by atomic mass is 10.2. The fourth-order valence-electron chi connectivity index (χ4n) is 2.25. The summed E-state index contributed by atoms with van der Waals surface area (Å²) in [7, 11) is 0. The quantitative estimate of drug-likeness (QED) is 0.281. The van der Waals surface area contributed by atoms with Crippen molar-refractivity contribution in [3.05, 3.63) is 92.0 Å². The summed E-state index contributed by atoms with van der Waals surface area (Å²) >= 11 is 0. The first-order valence-corrected chi connectivity index (χ1v) is 8.76. The van der Waals surface area contributed by atoms with Gasteiger partial charge in [0.2, 0.25) is 11.8 Å². The number of benzene rings is 2. The fourth-order valence-corrected chi connectivity index (χ4v) is 2.25. The van der Waals surface area contributed by atoms with Gasteiger partial charge in [-0.25, -0.2) is 0 Å². The van der Waals surface area contributed by atoms with Crippen molar-refractivity contribution < 1.29 is 19.4 Å². The first kappa shape index (κ1) is 22.0. The molecule has 0 spiro atoms. The number of amides is 2. The standard InChI is InChI=1S/C20H18N4O6/c25-19(11-5-15-1-7-17(8-2-15)23(27)28)21-13-14-22-20(26)12-6-16-3-9-18(10-4-16)24(29)30/h1-12H,13-14H2,(H,21,25)(H,22,26)/b11-5+,12-6+. The Morgan fingerprint density at radius 3 is 1.33 bits per heavy atom. The second-order valence-electron chi connectivity index (χ2n) is 5.95. The van der Waals surface area contributed by atoms with E-state index in [0.29, 0.717) is 11.1 Å². The number of carbonyl (C=O) groups is 2. The van der Waals surface area contributed by atoms with Crippen LogP contribution in [0.15, 0.2) is 60.7 Å². The van der Waals surface area contributed by atoms with Crippen molar-refractivity contribution in [2.75, 3.05) is 13.1 Å². The van der Waals surface area contributed by atoms with Crippen LogP contribution in [0.25, 0.3) is 12.2 Å². The molecule has 30 heavy (non-hydrogen) atoms. The van der Waals surface area contributed by atoms with E-state index in [2.05, 4.69) is 10.6 Å². The fraction of sp³-hybridized carbons (Fsp3) is 0.100. The van der Waals surface area contributed by atoms with Crippen molar-refractivity contribution in [2.45, 2.75) is 0 Å². The molecule has 0 heterocycles. The third-order valence-electron chi connectivity index (χ3n) is 3.79. The molecule has 2 N–H and O–H groups in total. The molecule has 2 amide bonds. The highest BCUT2D eigenvalue weighted by Crippen LogP contribution is 2.13. The van der Waals surface area contributed by atoms with Crippen molar-refractivity contribution in [1.29, 1.82) is 0 Å². The average molecular weight is 410 g/mol. The Bertz CT molecular complexity index is 900. The third-order valence-corrected chi connectivity index (χ3v) is 3.79. The summed E-state index contributed by atoms with van der Waals surface area (Å²) < 4.78 is 0. The van der Waals surface area contributed by atoms with E-state index in [1.807, 2.05) is 0 Å². The summed E-state index contributed by atoms with van der Waals surface area (Å²) in [4.78, 5) is 43.6. The Balaban J connectivity index is 1.69. The van der Waals surface area contributed by atoms with Gasteiger partial charge in [0, 0.05) is 49.5 Å². The molecule has 0 unspecified atom stereocenters. The average Bonchev–Trinajstić information content (AvgIpc) is 2.74. The van der Waals surface area contributed by atoms with Crippen molar-refractivity contribution >= 4 is 35.3 Å². The van der Waals surface area contributed by atoms with Crippen molar-refractivity contribution in [2.24, 2.45) is 0 Å². The zero-order valence-corrected chi connectivity index (χ0v) is 15.7. The van der Waals surface area contributed by atoms with Crippen molar-refractivity contribution in [3.63, 3.8) is 0 Å². The molecule has 10 heteroatoms. The van der Waals surface area contributed by atoms with E-state index in [-0.39, 0.29) is 36.3 Å². The molecule has 2 rings (SSSR count). The van der Waals surface area contributed by atoms with Gasteiger partial charge in [0.15, 0.2) is 0 Å². The maximum Gasteiger partial charge on any atom is 0.269 e. The van der Waals surface area contributed by atoms with Gasteiger partial charge in [-0.3, -0.25) is 29.8 Å². The lowest BCUT2D eigenvalue weighted by Gasteiger charge is -2.03. The van der Waals surface area contributed by atoms with Crippen molar-refractivity contribution in [1.82, 2.24) is 10.6 Å². The summed E-state index contributed by atoms with van der Waals surface area (Å²) in [6, 6.07) is 11.5. The van der Waals surface area contributed by atoms with Gasteiger partial charge in [-0.15, -0.1) is 0 Å². The van der Waals surface area contributed by atoms with E-state index in [9.17, 15) is 29.8 Å². The molecule has 0 saturated carbocycles. The Hall–Kier alpha value is -4.34. The minimum Gasteiger partial charge on any atom is -0.351 e. The van der Waals surface area contributed by atoms with Gasteiger partial charge in [-0.2, -0.15) is 0 Å². The molecule has 2 aromatic carbocycles. The van der Waals surface area contributed by atoms with Crippen LogP contribution < -0.4 is 10.6 Å². The zero-order chi connectivity index (χ0) is 21.9. The van der Waals surface area contributed by atoms with E-state index in [0.717, 1.165) is 0 Å². The SMILES string of the molecule is O=C(/C=C/c1ccc([N+](=O)[O-])cc1)NCCNC(=O)/C=C/c1ccc([N+](=O)[O-])cc1. The molecular formula is C20H18N4O6. The zero-order valence-electron chi connectivity index (χ0n) is 15.7. The summed E-state index contributed by atoms with van der Waals surface area (Å²) in [6.45, 7) is 0.418. The lowest BCUT2D eigenvalue weighted by molar-refractivity contribution is -0.385. The maximum atomic E-state index is 11.7. The summed E-state index contributed by atoms with van der Waals surface area (Å²) in [5.41, 5.74) is 1.21. The maximum absolute atomic E-state index is 11.7. The molecule has 0 radical (unpaired) electrons. The van der Waals surface area contributed by atoms with Gasteiger partial charge < -0.3 is 10.6 Å². The second kappa shape index (κ2) is 10.9. The summed E-state index contributed by atoms with van der Waals surface area (Å²) in [5.74, 6) is -0.743. The summed E-state index contributed by atoms with van der Waals surface area (Å²) in [5, 5.41) is 26.4. The van der Waals surface area contributed by atoms with Crippen LogP contribution >= 0.6 is 0 Å². The Kier molecular flexibility index (Phi) is 7.94. The van der Waals surface area contributed by atoms with Crippen LogP contribution in [0, 0.1) is 20.2 Å². The van der Waals surface area contributed by atoms with Crippen LogP contribution in [0.5, 0.6) is 0 Å². The van der Waals surface area contributed by atoms with Gasteiger partial charge in [-0.05, 0) is 47.5 Å². The topological polar surface area (TPSA) is 144 Å². The number of nitrogens with one attached hydrogen (secondary N) is 2. The van der Waals surface area contributed by atoms with Gasteiger partial charge >= 0.3 is 0 Å². The molecule has 0 aliphatic heterocycles. The largest absolute Gasteiger partial charge is 0.351 e. The van der Waals surface area contributed by atoms with Crippen molar-refractivity contribution in [3.8, 4) is 0 Å². The normalized spacial score (nSPS) is 10.8. The number of carbonyl (C=O) groups excluding carboxylic acids is 2. The predicted octanol–water partition coefficient (Wildman–Crippen LogP) is 2.46. The van der Waals surface area contributed by atoms with E-state index in [1.54, 1.807) is 0 Å². The lowest BCUT2D eigenvalue weighted by Crippen LogP contribution is -2.33. The third kappa shape index (κ3) is 7.35. The van der Waals surface area contributed by atoms with Crippen LogP contribution in [0.3, 0.4) is 0 Å². The van der Waals surface area contributed by atoms with Gasteiger partial charge in [0.25, 0.3) is 11.4 Å². The Morgan fingerprint density at radius 1 is 0.700 bits per heavy atom. The second-order valence-corrected chi connectivity index (χ2v) is 5.95. The first-order chi connectivity index (χ1) is 14.3. The molecule has 0 atom stereocenters. The molecule has 0 aliphatic carbocycles. The molecule has 2 aromatic rings. The molecule has 154 valence electrons. The first-order valence-electron chi connectivity index (χ1n) is 8.76. The number of non-ortho nitro benzene ring substituents is 2. The van der Waals surface area contributed by atoms with Crippen LogP contribution in [0.1, 0.15) is 11.1 Å². The number of hydrogen-bond donors (Lipinski definition) is 2. The molecular weight excluding hydrogens is 392 g/mol. The highest BCUT2D eigenvalue weighted by Gasteiger charge is 2.04. The Labute approximate surface area is 171 Å². The van der Waals surface area contributed by atoms with Crippen LogP contribution in [0.2, 0.25) is 0 Å². The highest BCUT2D eigenvalue weighted by atomic mass is 16.6. The predicted molar refractivity (Wildman–Crippen MR) is 110 cm³/mol. The molecule has 0 aromatic heterocycles. The van der Waals surface area contributed by atoms with E-state index in [4.69, 9.17) is 0 Å². The molecule has 0 aliphatic rings. The molecule has 0 fully saturated rings. The summed E-state index contributed by atoms with van der Waals surface area (Å²) in [6.07, 6.45) is 5.62. The van der Waals surface area contributed by atoms with Crippen LogP contribution in [-0.2, 0) is 9.59 Å². The number of nitrogens with zero attached hydrogens (tertiary/aromatic N) is 2. The highest BCUT2D eigenvalue weighted by molar-refractivity contribution is 5.92. The van der Waals surface area contributed by atoms with Gasteiger partial charge in [0.1, 0.15) is 0 Å². The van der Waals surface area contributed by atoms with Crippen LogP contribution in [0.4, 0.5) is 11.4 Å². The van der Waals surface area contributed by atoms with Gasteiger partial charge in [0.05, 0.1) is 9.85 Å². The minimum atomic E-state index is -0.504.